The Morgan fingerprint density at radius 1 is 1.11 bits per heavy atom. The van der Waals surface area contributed by atoms with Crippen molar-refractivity contribution in [3.05, 3.63) is 65.1 Å². The average molecular weight is 377 g/mol. The summed E-state index contributed by atoms with van der Waals surface area (Å²) in [5, 5.41) is 0. The highest BCUT2D eigenvalue weighted by Gasteiger charge is 2.16. The molecule has 0 saturated carbocycles. The summed E-state index contributed by atoms with van der Waals surface area (Å²) in [5.74, 6) is 1.62. The Morgan fingerprint density at radius 3 is 2.46 bits per heavy atom. The lowest BCUT2D eigenvalue weighted by atomic mass is 10.0. The number of amides is 1. The lowest BCUT2D eigenvalue weighted by Gasteiger charge is -2.18. The molecule has 0 bridgehead atoms. The molecule has 0 spiro atoms. The van der Waals surface area contributed by atoms with Crippen LogP contribution in [0.4, 0.5) is 0 Å². The Balaban J connectivity index is 1.82. The predicted octanol–water partition coefficient (Wildman–Crippen LogP) is 3.81. The van der Waals surface area contributed by atoms with Gasteiger partial charge < -0.3 is 9.47 Å². The van der Waals surface area contributed by atoms with Crippen LogP contribution >= 0.6 is 0 Å². The van der Waals surface area contributed by atoms with E-state index in [1.807, 2.05) is 48.9 Å². The lowest BCUT2D eigenvalue weighted by Crippen LogP contribution is -2.27. The van der Waals surface area contributed by atoms with Crippen LogP contribution in [0.25, 0.3) is 11.3 Å². The molecule has 146 valence electrons. The van der Waals surface area contributed by atoms with Gasteiger partial charge in [-0.3, -0.25) is 4.79 Å². The third-order valence-electron chi connectivity index (χ3n) is 4.95. The summed E-state index contributed by atoms with van der Waals surface area (Å²) >= 11 is 0. The first-order valence-corrected chi connectivity index (χ1v) is 9.64. The van der Waals surface area contributed by atoms with Gasteiger partial charge in [-0.1, -0.05) is 19.1 Å². The summed E-state index contributed by atoms with van der Waals surface area (Å²) < 4.78 is 2.04. The zero-order chi connectivity index (χ0) is 20.3. The molecule has 0 unspecified atom stereocenters. The maximum atomic E-state index is 12.8. The molecule has 3 rings (SSSR count). The quantitative estimate of drug-likeness (QED) is 0.655. The third-order valence-corrected chi connectivity index (χ3v) is 4.95. The number of carbonyl (C=O) groups is 1. The van der Waals surface area contributed by atoms with E-state index in [1.54, 1.807) is 18.1 Å². The van der Waals surface area contributed by atoms with Crippen LogP contribution in [0, 0.1) is 13.8 Å². The number of aryl methyl sites for hydroxylation is 3. The van der Waals surface area contributed by atoms with E-state index in [0.717, 1.165) is 47.1 Å². The molecule has 0 aliphatic heterocycles. The number of carbonyl (C=O) groups excluding carboxylic acids is 1. The largest absolute Gasteiger partial charge is 0.334 e. The first kappa shape index (κ1) is 19.7. The van der Waals surface area contributed by atoms with Gasteiger partial charge in [-0.15, -0.1) is 0 Å². The Labute approximate surface area is 166 Å². The fourth-order valence-electron chi connectivity index (χ4n) is 3.45. The van der Waals surface area contributed by atoms with Crippen LogP contribution in [0.15, 0.2) is 36.7 Å². The molecule has 0 saturated heterocycles. The molecule has 1 aromatic carbocycles. The summed E-state index contributed by atoms with van der Waals surface area (Å²) in [6, 6.07) is 7.67. The molecule has 1 amide bonds. The fraction of sp³-hybridized carbons (Fsp3) is 0.364. The Morgan fingerprint density at radius 2 is 1.82 bits per heavy atom. The summed E-state index contributed by atoms with van der Waals surface area (Å²) in [4.78, 5) is 28.0. The molecule has 0 radical (unpaired) electrons. The van der Waals surface area contributed by atoms with Crippen LogP contribution in [0.3, 0.4) is 0 Å². The maximum absolute atomic E-state index is 12.8. The Bertz CT molecular complexity index is 975. The number of hydrogen-bond acceptors (Lipinski definition) is 4. The Hall–Kier alpha value is -3.02. The SMILES string of the molecule is CCc1c(C)nc(C)nc1-c1ccc(C(=O)N(C)Cc2nccn2CC)cc1. The molecule has 3 aromatic rings. The number of imidazole rings is 1. The van der Waals surface area contributed by atoms with Crippen molar-refractivity contribution in [1.82, 2.24) is 24.4 Å². The van der Waals surface area contributed by atoms with Crippen molar-refractivity contribution in [1.29, 1.82) is 0 Å². The van der Waals surface area contributed by atoms with Crippen molar-refractivity contribution in [2.24, 2.45) is 0 Å². The van der Waals surface area contributed by atoms with Crippen molar-refractivity contribution in [3.63, 3.8) is 0 Å². The van der Waals surface area contributed by atoms with Gasteiger partial charge in [0.1, 0.15) is 11.6 Å². The van der Waals surface area contributed by atoms with E-state index in [9.17, 15) is 4.79 Å². The standard InChI is InChI=1S/C22H27N5O/c1-6-19-15(3)24-16(4)25-21(19)17-8-10-18(11-9-17)22(28)26(5)14-20-23-12-13-27(20)7-2/h8-13H,6-7,14H2,1-5H3. The second-order valence-electron chi connectivity index (χ2n) is 6.90. The monoisotopic (exact) mass is 377 g/mol. The molecule has 0 aliphatic carbocycles. The van der Waals surface area contributed by atoms with E-state index >= 15 is 0 Å². The summed E-state index contributed by atoms with van der Waals surface area (Å²) in [6.45, 7) is 9.41. The smallest absolute Gasteiger partial charge is 0.254 e. The molecule has 0 N–H and O–H groups in total. The highest BCUT2D eigenvalue weighted by Crippen LogP contribution is 2.25. The highest BCUT2D eigenvalue weighted by molar-refractivity contribution is 5.94. The van der Waals surface area contributed by atoms with Gasteiger partial charge in [0.2, 0.25) is 0 Å². The summed E-state index contributed by atoms with van der Waals surface area (Å²) in [7, 11) is 1.80. The van der Waals surface area contributed by atoms with Crippen molar-refractivity contribution < 1.29 is 4.79 Å². The average Bonchev–Trinajstić information content (AvgIpc) is 3.14. The molecule has 6 nitrogen and oxygen atoms in total. The van der Waals surface area contributed by atoms with Gasteiger partial charge in [-0.05, 0) is 44.9 Å². The van der Waals surface area contributed by atoms with Crippen LogP contribution in [0.5, 0.6) is 0 Å². The number of benzene rings is 1. The number of hydrogen-bond donors (Lipinski definition) is 0. The number of rotatable bonds is 6. The van der Waals surface area contributed by atoms with Crippen LogP contribution < -0.4 is 0 Å². The number of nitrogens with zero attached hydrogens (tertiary/aromatic N) is 5. The molecule has 0 aliphatic rings. The van der Waals surface area contributed by atoms with Gasteiger partial charge in [0, 0.05) is 42.8 Å². The minimum Gasteiger partial charge on any atom is -0.334 e. The first-order chi connectivity index (χ1) is 13.4. The van der Waals surface area contributed by atoms with Crippen molar-refractivity contribution in [2.45, 2.75) is 47.2 Å². The molecule has 28 heavy (non-hydrogen) atoms. The topological polar surface area (TPSA) is 63.9 Å². The molecule has 0 fully saturated rings. The molecule has 2 heterocycles. The fourth-order valence-corrected chi connectivity index (χ4v) is 3.45. The lowest BCUT2D eigenvalue weighted by molar-refractivity contribution is 0.0780. The second kappa shape index (κ2) is 8.33. The van der Waals surface area contributed by atoms with Gasteiger partial charge in [0.25, 0.3) is 5.91 Å². The molecular weight excluding hydrogens is 350 g/mol. The van der Waals surface area contributed by atoms with E-state index in [4.69, 9.17) is 0 Å². The van der Waals surface area contributed by atoms with Crippen LogP contribution in [-0.4, -0.2) is 37.4 Å². The van der Waals surface area contributed by atoms with Gasteiger partial charge in [0.05, 0.1) is 12.2 Å². The van der Waals surface area contributed by atoms with Crippen LogP contribution in [0.2, 0.25) is 0 Å². The van der Waals surface area contributed by atoms with Crippen molar-refractivity contribution in [3.8, 4) is 11.3 Å². The predicted molar refractivity (Wildman–Crippen MR) is 110 cm³/mol. The summed E-state index contributed by atoms with van der Waals surface area (Å²) in [5.41, 5.74) is 4.77. The van der Waals surface area contributed by atoms with Crippen molar-refractivity contribution in [2.75, 3.05) is 7.05 Å². The van der Waals surface area contributed by atoms with Crippen molar-refractivity contribution >= 4 is 5.91 Å². The molecule has 2 aromatic heterocycles. The first-order valence-electron chi connectivity index (χ1n) is 9.64. The number of aromatic nitrogens is 4. The van der Waals surface area contributed by atoms with E-state index in [0.29, 0.717) is 12.1 Å². The van der Waals surface area contributed by atoms with Gasteiger partial charge >= 0.3 is 0 Å². The highest BCUT2D eigenvalue weighted by atomic mass is 16.2. The zero-order valence-corrected chi connectivity index (χ0v) is 17.2. The van der Waals surface area contributed by atoms with Crippen LogP contribution in [-0.2, 0) is 19.5 Å². The third kappa shape index (κ3) is 3.96. The molecule has 0 atom stereocenters. The zero-order valence-electron chi connectivity index (χ0n) is 17.2. The molecule has 6 heteroatoms. The van der Waals surface area contributed by atoms with Gasteiger partial charge in [-0.25, -0.2) is 15.0 Å². The maximum Gasteiger partial charge on any atom is 0.254 e. The second-order valence-corrected chi connectivity index (χ2v) is 6.90. The summed E-state index contributed by atoms with van der Waals surface area (Å²) in [6.07, 6.45) is 4.57. The Kier molecular flexibility index (Phi) is 5.87. The molecular formula is C22H27N5O. The minimum absolute atomic E-state index is 0.0250. The normalized spacial score (nSPS) is 10.9. The van der Waals surface area contributed by atoms with E-state index in [1.165, 1.54) is 0 Å². The van der Waals surface area contributed by atoms with Gasteiger partial charge in [-0.2, -0.15) is 0 Å². The van der Waals surface area contributed by atoms with Crippen LogP contribution in [0.1, 0.15) is 47.1 Å². The van der Waals surface area contributed by atoms with E-state index in [-0.39, 0.29) is 5.91 Å². The van der Waals surface area contributed by atoms with Gasteiger partial charge in [0.15, 0.2) is 0 Å². The van der Waals surface area contributed by atoms with E-state index in [2.05, 4.69) is 28.8 Å². The van der Waals surface area contributed by atoms with E-state index < -0.39 is 0 Å². The minimum atomic E-state index is -0.0250.